The van der Waals surface area contributed by atoms with Crippen molar-refractivity contribution in [2.75, 3.05) is 21.3 Å². The van der Waals surface area contributed by atoms with Gasteiger partial charge in [0.15, 0.2) is 17.1 Å². The molecule has 0 aliphatic rings. The number of phenols is 1. The molecule has 2 heterocycles. The lowest BCUT2D eigenvalue weighted by molar-refractivity contribution is 0.326. The largest absolute Gasteiger partial charge is 0.508 e. The van der Waals surface area contributed by atoms with Crippen molar-refractivity contribution in [3.05, 3.63) is 36.0 Å². The highest BCUT2D eigenvalue weighted by Crippen LogP contribution is 2.50. The molecule has 0 fully saturated rings. The molecule has 0 radical (unpaired) electrons. The number of aromatic nitrogens is 3. The molecule has 0 atom stereocenters. The van der Waals surface area contributed by atoms with Crippen molar-refractivity contribution in [2.45, 2.75) is 6.92 Å². The van der Waals surface area contributed by atoms with Crippen LogP contribution >= 0.6 is 0 Å². The molecule has 2 aromatic heterocycles. The molecule has 4 rings (SSSR count). The minimum Gasteiger partial charge on any atom is -0.508 e. The number of nitrogens with one attached hydrogen (secondary N) is 1. The number of aromatic hydroxyl groups is 1. The summed E-state index contributed by atoms with van der Waals surface area (Å²) in [5.74, 6) is 1.84. The van der Waals surface area contributed by atoms with Crippen LogP contribution in [0.4, 0.5) is 0 Å². The molecule has 0 unspecified atom stereocenters. The van der Waals surface area contributed by atoms with E-state index in [9.17, 15) is 5.11 Å². The van der Waals surface area contributed by atoms with Gasteiger partial charge in [0, 0.05) is 21.9 Å². The Kier molecular flexibility index (Phi) is 3.99. The number of H-pyrrole nitrogens is 1. The average Bonchev–Trinajstić information content (AvgIpc) is 3.15. The van der Waals surface area contributed by atoms with Gasteiger partial charge < -0.3 is 19.3 Å². The summed E-state index contributed by atoms with van der Waals surface area (Å²) in [7, 11) is 4.77. The van der Waals surface area contributed by atoms with Crippen molar-refractivity contribution >= 4 is 21.8 Å². The molecule has 2 N–H and O–H groups in total. The van der Waals surface area contributed by atoms with Gasteiger partial charge in [-0.1, -0.05) is 0 Å². The summed E-state index contributed by atoms with van der Waals surface area (Å²) in [5.41, 5.74) is 3.09. The quantitative estimate of drug-likeness (QED) is 0.571. The van der Waals surface area contributed by atoms with Gasteiger partial charge in [-0.3, -0.25) is 5.10 Å². The smallest absolute Gasteiger partial charge is 0.204 e. The third kappa shape index (κ3) is 2.43. The Bertz CT molecular complexity index is 1150. The van der Waals surface area contributed by atoms with Crippen LogP contribution < -0.4 is 14.2 Å². The van der Waals surface area contributed by atoms with Gasteiger partial charge in [0.05, 0.1) is 38.6 Å². The van der Waals surface area contributed by atoms with Crippen LogP contribution in [0.3, 0.4) is 0 Å². The second-order valence-electron chi connectivity index (χ2n) is 6.11. The van der Waals surface area contributed by atoms with Crippen molar-refractivity contribution < 1.29 is 19.3 Å². The fourth-order valence-corrected chi connectivity index (χ4v) is 3.53. The molecular weight excluding hydrogens is 346 g/mol. The average molecular weight is 365 g/mol. The molecule has 0 aliphatic carbocycles. The third-order valence-corrected chi connectivity index (χ3v) is 4.71. The Labute approximate surface area is 155 Å². The fraction of sp³-hybridized carbons (Fsp3) is 0.200. The number of ether oxygens (including phenoxy) is 3. The second-order valence-corrected chi connectivity index (χ2v) is 6.11. The first-order valence-electron chi connectivity index (χ1n) is 8.35. The van der Waals surface area contributed by atoms with Gasteiger partial charge in [-0.15, -0.1) is 0 Å². The monoisotopic (exact) mass is 365 g/mol. The van der Waals surface area contributed by atoms with Gasteiger partial charge in [0.2, 0.25) is 5.75 Å². The fourth-order valence-electron chi connectivity index (χ4n) is 3.53. The van der Waals surface area contributed by atoms with E-state index in [-0.39, 0.29) is 5.75 Å². The van der Waals surface area contributed by atoms with E-state index >= 15 is 0 Å². The first kappa shape index (κ1) is 17.0. The van der Waals surface area contributed by atoms with Crippen LogP contribution in [0.25, 0.3) is 33.1 Å². The molecule has 0 saturated heterocycles. The van der Waals surface area contributed by atoms with Crippen LogP contribution in [-0.4, -0.2) is 41.6 Å². The van der Waals surface area contributed by atoms with E-state index in [0.29, 0.717) is 28.6 Å². The Morgan fingerprint density at radius 2 is 1.56 bits per heavy atom. The summed E-state index contributed by atoms with van der Waals surface area (Å²) >= 11 is 0. The number of nitrogens with zero attached hydrogens (tertiary/aromatic N) is 2. The maximum atomic E-state index is 9.65. The molecule has 0 aliphatic heterocycles. The van der Waals surface area contributed by atoms with Crippen molar-refractivity contribution in [3.8, 4) is 34.3 Å². The van der Waals surface area contributed by atoms with Crippen LogP contribution in [0.15, 0.2) is 30.5 Å². The highest BCUT2D eigenvalue weighted by Gasteiger charge is 2.25. The SMILES string of the molecule is COc1c(OC)c(C)c2c(c(-c3ccc(O)cc3)nc3[nH]ncc32)c1OC. The summed E-state index contributed by atoms with van der Waals surface area (Å²) in [4.78, 5) is 4.77. The first-order chi connectivity index (χ1) is 13.1. The summed E-state index contributed by atoms with van der Waals surface area (Å²) in [6, 6.07) is 6.87. The van der Waals surface area contributed by atoms with Gasteiger partial charge in [-0.2, -0.15) is 5.10 Å². The molecule has 0 amide bonds. The van der Waals surface area contributed by atoms with Gasteiger partial charge in [0.25, 0.3) is 0 Å². The third-order valence-electron chi connectivity index (χ3n) is 4.71. The zero-order chi connectivity index (χ0) is 19.1. The number of fused-ring (bicyclic) bond motifs is 3. The van der Waals surface area contributed by atoms with E-state index in [0.717, 1.165) is 27.3 Å². The first-order valence-corrected chi connectivity index (χ1v) is 8.35. The van der Waals surface area contributed by atoms with Gasteiger partial charge >= 0.3 is 0 Å². The van der Waals surface area contributed by atoms with Gasteiger partial charge in [0.1, 0.15) is 5.75 Å². The second kappa shape index (κ2) is 6.35. The van der Waals surface area contributed by atoms with Crippen LogP contribution in [0.5, 0.6) is 23.0 Å². The minimum absolute atomic E-state index is 0.188. The van der Waals surface area contributed by atoms with Gasteiger partial charge in [-0.05, 0) is 31.2 Å². The Morgan fingerprint density at radius 1 is 0.889 bits per heavy atom. The number of hydrogen-bond donors (Lipinski definition) is 2. The number of aromatic amines is 1. The Balaban J connectivity index is 2.26. The molecular formula is C20H19N3O4. The van der Waals surface area contributed by atoms with Crippen molar-refractivity contribution in [2.24, 2.45) is 0 Å². The summed E-state index contributed by atoms with van der Waals surface area (Å²) in [6.45, 7) is 1.97. The number of methoxy groups -OCH3 is 3. The van der Waals surface area contributed by atoms with Gasteiger partial charge in [-0.25, -0.2) is 4.98 Å². The van der Waals surface area contributed by atoms with Crippen molar-refractivity contribution in [3.63, 3.8) is 0 Å². The standard InChI is InChI=1S/C20H19N3O4/c1-10-14-13-9-21-23-20(13)22-16(11-5-7-12(24)8-6-11)15(14)18(26-3)19(27-4)17(10)25-2/h5-9,24H,1-4H3,(H,21,22,23). The number of aryl methyl sites for hydroxylation is 1. The van der Waals surface area contributed by atoms with Crippen LogP contribution in [0, 0.1) is 6.92 Å². The zero-order valence-electron chi connectivity index (χ0n) is 15.5. The number of pyridine rings is 1. The normalized spacial score (nSPS) is 11.1. The van der Waals surface area contributed by atoms with Crippen LogP contribution in [0.1, 0.15) is 5.56 Å². The number of hydrogen-bond acceptors (Lipinski definition) is 6. The lowest BCUT2D eigenvalue weighted by atomic mass is 9.96. The number of rotatable bonds is 4. The molecule has 27 heavy (non-hydrogen) atoms. The lowest BCUT2D eigenvalue weighted by Crippen LogP contribution is -2.01. The van der Waals surface area contributed by atoms with E-state index in [1.165, 1.54) is 0 Å². The van der Waals surface area contributed by atoms with E-state index < -0.39 is 0 Å². The predicted octanol–water partition coefficient (Wildman–Crippen LogP) is 3.82. The zero-order valence-corrected chi connectivity index (χ0v) is 15.5. The number of phenolic OH excluding ortho intramolecular Hbond substituents is 1. The van der Waals surface area contributed by atoms with Crippen LogP contribution in [0.2, 0.25) is 0 Å². The van der Waals surface area contributed by atoms with E-state index in [1.54, 1.807) is 39.7 Å². The predicted molar refractivity (Wildman–Crippen MR) is 103 cm³/mol. The molecule has 138 valence electrons. The lowest BCUT2D eigenvalue weighted by Gasteiger charge is -2.20. The molecule has 4 aromatic rings. The topological polar surface area (TPSA) is 89.5 Å². The molecule has 0 spiro atoms. The highest BCUT2D eigenvalue weighted by atomic mass is 16.5. The molecule has 7 heteroatoms. The van der Waals surface area contributed by atoms with Crippen molar-refractivity contribution in [1.29, 1.82) is 0 Å². The maximum Gasteiger partial charge on any atom is 0.204 e. The van der Waals surface area contributed by atoms with E-state index in [4.69, 9.17) is 19.2 Å². The molecule has 0 saturated carbocycles. The molecule has 0 bridgehead atoms. The summed E-state index contributed by atoms with van der Waals surface area (Å²) < 4.78 is 17.0. The minimum atomic E-state index is 0.188. The number of benzene rings is 2. The highest BCUT2D eigenvalue weighted by molar-refractivity contribution is 6.15. The van der Waals surface area contributed by atoms with E-state index in [2.05, 4.69) is 10.2 Å². The Hall–Kier alpha value is -3.48. The summed E-state index contributed by atoms with van der Waals surface area (Å²) in [6.07, 6.45) is 1.74. The van der Waals surface area contributed by atoms with Crippen LogP contribution in [-0.2, 0) is 0 Å². The van der Waals surface area contributed by atoms with Crippen molar-refractivity contribution in [1.82, 2.24) is 15.2 Å². The maximum absolute atomic E-state index is 9.65. The van der Waals surface area contributed by atoms with E-state index in [1.807, 2.05) is 19.1 Å². The Morgan fingerprint density at radius 3 is 2.19 bits per heavy atom. The molecule has 2 aromatic carbocycles. The summed E-state index contributed by atoms with van der Waals surface area (Å²) in [5, 5.41) is 19.3. The molecule has 7 nitrogen and oxygen atoms in total.